The van der Waals surface area contributed by atoms with E-state index in [1.54, 1.807) is 11.8 Å². The van der Waals surface area contributed by atoms with Crippen LogP contribution in [0.25, 0.3) is 0 Å². The molecule has 2 aliphatic heterocycles. The van der Waals surface area contributed by atoms with E-state index in [4.69, 9.17) is 0 Å². The van der Waals surface area contributed by atoms with Gasteiger partial charge in [0.15, 0.2) is 5.82 Å². The summed E-state index contributed by atoms with van der Waals surface area (Å²) < 4.78 is 0. The Bertz CT molecular complexity index is 539. The second-order valence-electron chi connectivity index (χ2n) is 4.02. The molecule has 1 fully saturated rings. The molecule has 3 heterocycles. The summed E-state index contributed by atoms with van der Waals surface area (Å²) in [4.78, 5) is 20.5. The molecule has 0 radical (unpaired) electrons. The van der Waals surface area contributed by atoms with Crippen molar-refractivity contribution in [3.8, 4) is 0 Å². The molecule has 86 valence electrons. The molecular formula is C12H11N3OS. The SMILES string of the molecule is C=C1CSC(c2ccc3c(n2)N=CC3)C(=O)N1. The van der Waals surface area contributed by atoms with Crippen LogP contribution in [0.5, 0.6) is 0 Å². The van der Waals surface area contributed by atoms with Gasteiger partial charge in [-0.1, -0.05) is 12.6 Å². The van der Waals surface area contributed by atoms with Crippen LogP contribution in [-0.2, 0) is 11.2 Å². The predicted octanol–water partition coefficient (Wildman–Crippen LogP) is 1.76. The highest BCUT2D eigenvalue weighted by molar-refractivity contribution is 8.00. The molecule has 1 aromatic heterocycles. The number of thioether (sulfide) groups is 1. The fourth-order valence-corrected chi connectivity index (χ4v) is 2.85. The summed E-state index contributed by atoms with van der Waals surface area (Å²) in [6.07, 6.45) is 2.68. The molecule has 1 saturated heterocycles. The molecule has 5 heteroatoms. The van der Waals surface area contributed by atoms with Gasteiger partial charge < -0.3 is 5.32 Å². The minimum atomic E-state index is -0.249. The lowest BCUT2D eigenvalue weighted by molar-refractivity contribution is -0.120. The summed E-state index contributed by atoms with van der Waals surface area (Å²) in [5.74, 6) is 1.44. The summed E-state index contributed by atoms with van der Waals surface area (Å²) in [7, 11) is 0. The molecular weight excluding hydrogens is 234 g/mol. The molecule has 0 aliphatic carbocycles. The van der Waals surface area contributed by atoms with Crippen molar-refractivity contribution in [1.29, 1.82) is 0 Å². The van der Waals surface area contributed by atoms with Crippen molar-refractivity contribution < 1.29 is 4.79 Å². The van der Waals surface area contributed by atoms with Gasteiger partial charge in [-0.05, 0) is 6.07 Å². The van der Waals surface area contributed by atoms with Crippen molar-refractivity contribution in [2.75, 3.05) is 5.75 Å². The smallest absolute Gasteiger partial charge is 0.243 e. The maximum absolute atomic E-state index is 11.8. The second-order valence-corrected chi connectivity index (χ2v) is 5.11. The summed E-state index contributed by atoms with van der Waals surface area (Å²) in [5.41, 5.74) is 2.66. The minimum Gasteiger partial charge on any atom is -0.328 e. The van der Waals surface area contributed by atoms with Gasteiger partial charge in [0.2, 0.25) is 5.91 Å². The Kier molecular flexibility index (Phi) is 2.48. The Hall–Kier alpha value is -1.62. The Morgan fingerprint density at radius 2 is 2.35 bits per heavy atom. The fourth-order valence-electron chi connectivity index (χ4n) is 1.89. The van der Waals surface area contributed by atoms with Crippen molar-refractivity contribution in [2.24, 2.45) is 4.99 Å². The summed E-state index contributed by atoms with van der Waals surface area (Å²) in [6.45, 7) is 3.75. The second kappa shape index (κ2) is 4.00. The number of aliphatic imine (C=N–C) groups is 1. The number of nitrogens with zero attached hydrogens (tertiary/aromatic N) is 2. The van der Waals surface area contributed by atoms with E-state index in [0.29, 0.717) is 0 Å². The molecule has 2 aliphatic rings. The molecule has 0 aromatic carbocycles. The van der Waals surface area contributed by atoms with E-state index in [9.17, 15) is 4.79 Å². The number of nitrogens with one attached hydrogen (secondary N) is 1. The van der Waals surface area contributed by atoms with E-state index < -0.39 is 0 Å². The summed E-state index contributed by atoms with van der Waals surface area (Å²) in [6, 6.07) is 3.92. The normalized spacial score (nSPS) is 22.5. The minimum absolute atomic E-state index is 0.0410. The molecule has 1 unspecified atom stereocenters. The van der Waals surface area contributed by atoms with Crippen molar-refractivity contribution in [3.05, 3.63) is 35.7 Å². The van der Waals surface area contributed by atoms with Crippen molar-refractivity contribution in [3.63, 3.8) is 0 Å². The largest absolute Gasteiger partial charge is 0.328 e. The lowest BCUT2D eigenvalue weighted by Gasteiger charge is -2.22. The van der Waals surface area contributed by atoms with Gasteiger partial charge in [-0.2, -0.15) is 0 Å². The average Bonchev–Trinajstić information content (AvgIpc) is 2.75. The third-order valence-electron chi connectivity index (χ3n) is 2.73. The first kappa shape index (κ1) is 10.5. The van der Waals surface area contributed by atoms with Crippen LogP contribution in [0.4, 0.5) is 5.82 Å². The van der Waals surface area contributed by atoms with E-state index in [1.165, 1.54) is 0 Å². The van der Waals surface area contributed by atoms with Crippen LogP contribution in [-0.4, -0.2) is 22.9 Å². The lowest BCUT2D eigenvalue weighted by atomic mass is 10.2. The molecule has 1 amide bonds. The highest BCUT2D eigenvalue weighted by Gasteiger charge is 2.28. The fraction of sp³-hybridized carbons (Fsp3) is 0.250. The van der Waals surface area contributed by atoms with Crippen LogP contribution < -0.4 is 5.32 Å². The molecule has 3 rings (SSSR count). The topological polar surface area (TPSA) is 54.4 Å². The number of pyridine rings is 1. The number of fused-ring (bicyclic) bond motifs is 1. The number of carbonyl (C=O) groups excluding carboxylic acids is 1. The number of rotatable bonds is 1. The summed E-state index contributed by atoms with van der Waals surface area (Å²) in [5, 5.41) is 2.51. The molecule has 1 N–H and O–H groups in total. The summed E-state index contributed by atoms with van der Waals surface area (Å²) >= 11 is 1.55. The molecule has 0 bridgehead atoms. The lowest BCUT2D eigenvalue weighted by Crippen LogP contribution is -2.32. The molecule has 1 aromatic rings. The van der Waals surface area contributed by atoms with E-state index in [2.05, 4.69) is 21.9 Å². The Morgan fingerprint density at radius 3 is 3.18 bits per heavy atom. The number of amides is 1. The van der Waals surface area contributed by atoms with Crippen LogP contribution >= 0.6 is 11.8 Å². The van der Waals surface area contributed by atoms with Gasteiger partial charge in [0.25, 0.3) is 0 Å². The maximum atomic E-state index is 11.8. The quantitative estimate of drug-likeness (QED) is 0.820. The molecule has 1 atom stereocenters. The Balaban J connectivity index is 1.91. The van der Waals surface area contributed by atoms with Gasteiger partial charge in [0, 0.05) is 29.6 Å². The highest BCUT2D eigenvalue weighted by atomic mass is 32.2. The van der Waals surface area contributed by atoms with Gasteiger partial charge in [0.1, 0.15) is 5.25 Å². The van der Waals surface area contributed by atoms with Gasteiger partial charge in [-0.15, -0.1) is 11.8 Å². The van der Waals surface area contributed by atoms with Crippen molar-refractivity contribution >= 4 is 29.7 Å². The van der Waals surface area contributed by atoms with E-state index >= 15 is 0 Å². The third kappa shape index (κ3) is 1.86. The maximum Gasteiger partial charge on any atom is 0.243 e. The number of aromatic nitrogens is 1. The van der Waals surface area contributed by atoms with Crippen LogP contribution in [0, 0.1) is 0 Å². The molecule has 0 spiro atoms. The number of hydrogen-bond acceptors (Lipinski definition) is 4. The van der Waals surface area contributed by atoms with Gasteiger partial charge >= 0.3 is 0 Å². The van der Waals surface area contributed by atoms with E-state index in [0.717, 1.165) is 34.9 Å². The predicted molar refractivity (Wildman–Crippen MR) is 68.6 cm³/mol. The highest BCUT2D eigenvalue weighted by Crippen LogP contribution is 2.34. The average molecular weight is 245 g/mol. The standard InChI is InChI=1S/C12H11N3OS/c1-7-6-17-10(12(16)14-7)9-3-2-8-4-5-13-11(8)15-9/h2-3,5,10H,1,4,6H2,(H,14,16). The zero-order valence-corrected chi connectivity index (χ0v) is 9.96. The zero-order chi connectivity index (χ0) is 11.8. The van der Waals surface area contributed by atoms with Crippen LogP contribution in [0.1, 0.15) is 16.5 Å². The number of carbonyl (C=O) groups is 1. The molecule has 0 saturated carbocycles. The Labute approximate surface area is 103 Å². The Morgan fingerprint density at radius 1 is 1.47 bits per heavy atom. The first-order chi connectivity index (χ1) is 8.24. The van der Waals surface area contributed by atoms with Crippen molar-refractivity contribution in [2.45, 2.75) is 11.7 Å². The van der Waals surface area contributed by atoms with Gasteiger partial charge in [-0.3, -0.25) is 4.79 Å². The van der Waals surface area contributed by atoms with E-state index in [1.807, 2.05) is 18.3 Å². The number of hydrogen-bond donors (Lipinski definition) is 1. The van der Waals surface area contributed by atoms with Crippen LogP contribution in [0.2, 0.25) is 0 Å². The monoisotopic (exact) mass is 245 g/mol. The van der Waals surface area contributed by atoms with Crippen LogP contribution in [0.15, 0.2) is 29.4 Å². The molecule has 4 nitrogen and oxygen atoms in total. The third-order valence-corrected chi connectivity index (χ3v) is 4.04. The van der Waals surface area contributed by atoms with E-state index in [-0.39, 0.29) is 11.2 Å². The first-order valence-electron chi connectivity index (χ1n) is 5.36. The zero-order valence-electron chi connectivity index (χ0n) is 9.14. The molecule has 17 heavy (non-hydrogen) atoms. The first-order valence-corrected chi connectivity index (χ1v) is 6.41. The van der Waals surface area contributed by atoms with Gasteiger partial charge in [0.05, 0.1) is 5.69 Å². The van der Waals surface area contributed by atoms with Crippen molar-refractivity contribution in [1.82, 2.24) is 10.3 Å². The van der Waals surface area contributed by atoms with Crippen LogP contribution in [0.3, 0.4) is 0 Å². The van der Waals surface area contributed by atoms with Gasteiger partial charge in [-0.25, -0.2) is 9.98 Å².